The number of nitrogens with one attached hydrogen (secondary N) is 1. The van der Waals surface area contributed by atoms with Gasteiger partial charge in [0.25, 0.3) is 0 Å². The molecule has 1 fully saturated rings. The van der Waals surface area contributed by atoms with Crippen LogP contribution in [0.5, 0.6) is 0 Å². The molecule has 0 radical (unpaired) electrons. The predicted octanol–water partition coefficient (Wildman–Crippen LogP) is 2.71. The van der Waals surface area contributed by atoms with Crippen molar-refractivity contribution in [2.45, 2.75) is 57.5 Å². The number of benzene rings is 1. The van der Waals surface area contributed by atoms with Gasteiger partial charge < -0.3 is 10.2 Å². The first-order chi connectivity index (χ1) is 10.2. The zero-order chi connectivity index (χ0) is 14.8. The van der Waals surface area contributed by atoms with Crippen LogP contribution in [-0.2, 0) is 11.2 Å². The van der Waals surface area contributed by atoms with Crippen LogP contribution in [0, 0.1) is 0 Å². The summed E-state index contributed by atoms with van der Waals surface area (Å²) in [5, 5.41) is 3.56. The molecule has 1 saturated heterocycles. The van der Waals surface area contributed by atoms with Crippen LogP contribution in [0.1, 0.15) is 50.2 Å². The molecule has 1 aliphatic heterocycles. The van der Waals surface area contributed by atoms with E-state index in [2.05, 4.69) is 42.3 Å². The highest BCUT2D eigenvalue weighted by molar-refractivity contribution is 5.87. The second kappa shape index (κ2) is 6.18. The minimum absolute atomic E-state index is 0.0900. The van der Waals surface area contributed by atoms with Gasteiger partial charge in [-0.1, -0.05) is 30.7 Å². The van der Waals surface area contributed by atoms with Crippen LogP contribution in [0.3, 0.4) is 0 Å². The maximum absolute atomic E-state index is 12.9. The Kier molecular flexibility index (Phi) is 4.29. The molecule has 0 aromatic heterocycles. The van der Waals surface area contributed by atoms with Crippen LogP contribution in [0.2, 0.25) is 0 Å². The number of hydrogen-bond acceptors (Lipinski definition) is 2. The summed E-state index contributed by atoms with van der Waals surface area (Å²) in [6.45, 7) is 6.21. The highest BCUT2D eigenvalue weighted by Crippen LogP contribution is 2.36. The van der Waals surface area contributed by atoms with Gasteiger partial charge in [0.05, 0.1) is 5.92 Å². The zero-order valence-electron chi connectivity index (χ0n) is 13.1. The molecule has 3 nitrogen and oxygen atoms in total. The second-order valence-electron chi connectivity index (χ2n) is 6.69. The number of carbonyl (C=O) groups excluding carboxylic acids is 1. The normalized spacial score (nSPS) is 24.3. The quantitative estimate of drug-likeness (QED) is 0.923. The van der Waals surface area contributed by atoms with Crippen molar-refractivity contribution in [1.82, 2.24) is 10.2 Å². The fraction of sp³-hybridized carbons (Fsp3) is 0.611. The highest BCUT2D eigenvalue weighted by Gasteiger charge is 2.36. The molecular formula is C18H26N2O. The van der Waals surface area contributed by atoms with Gasteiger partial charge in [0.15, 0.2) is 0 Å². The Hall–Kier alpha value is -1.35. The lowest BCUT2D eigenvalue weighted by molar-refractivity contribution is -0.135. The van der Waals surface area contributed by atoms with Crippen LogP contribution in [-0.4, -0.2) is 36.0 Å². The Balaban J connectivity index is 1.68. The van der Waals surface area contributed by atoms with E-state index in [1.54, 1.807) is 0 Å². The van der Waals surface area contributed by atoms with E-state index in [4.69, 9.17) is 0 Å². The zero-order valence-corrected chi connectivity index (χ0v) is 13.1. The van der Waals surface area contributed by atoms with E-state index in [9.17, 15) is 4.79 Å². The van der Waals surface area contributed by atoms with Crippen molar-refractivity contribution < 1.29 is 4.79 Å². The van der Waals surface area contributed by atoms with Crippen LogP contribution >= 0.6 is 0 Å². The minimum atomic E-state index is 0.0900. The van der Waals surface area contributed by atoms with Crippen molar-refractivity contribution in [2.75, 3.05) is 13.1 Å². The number of nitrogens with zero attached hydrogens (tertiary/aromatic N) is 1. The average molecular weight is 286 g/mol. The lowest BCUT2D eigenvalue weighted by atomic mass is 9.76. The van der Waals surface area contributed by atoms with Crippen LogP contribution in [0.4, 0.5) is 0 Å². The molecule has 0 saturated carbocycles. The Bertz CT molecular complexity index is 506. The summed E-state index contributed by atoms with van der Waals surface area (Å²) in [5.74, 6) is 0.406. The monoisotopic (exact) mass is 286 g/mol. The highest BCUT2D eigenvalue weighted by atomic mass is 16.2. The standard InChI is InChI=1S/C18H26N2O/c1-13(2)20(12-15-8-5-6-10-19-15)18(21)17-11-14-7-3-4-9-16(14)17/h3-4,7,9,13,15,17,19H,5-6,8,10-12H2,1-2H3. The number of piperidine rings is 1. The molecule has 2 aliphatic rings. The van der Waals surface area contributed by atoms with Gasteiger partial charge in [-0.15, -0.1) is 0 Å². The number of hydrogen-bond donors (Lipinski definition) is 1. The first kappa shape index (κ1) is 14.6. The molecule has 1 aromatic rings. The van der Waals surface area contributed by atoms with Gasteiger partial charge in [-0.05, 0) is 50.8 Å². The van der Waals surface area contributed by atoms with E-state index in [1.807, 2.05) is 6.07 Å². The maximum Gasteiger partial charge on any atom is 0.230 e. The lowest BCUT2D eigenvalue weighted by Gasteiger charge is -2.38. The third kappa shape index (κ3) is 2.98. The Labute approximate surface area is 127 Å². The van der Waals surface area contributed by atoms with Crippen molar-refractivity contribution >= 4 is 5.91 Å². The number of amides is 1. The number of carbonyl (C=O) groups is 1. The van der Waals surface area contributed by atoms with Gasteiger partial charge in [-0.3, -0.25) is 4.79 Å². The summed E-state index contributed by atoms with van der Waals surface area (Å²) < 4.78 is 0. The van der Waals surface area contributed by atoms with Gasteiger partial charge in [0.2, 0.25) is 5.91 Å². The van der Waals surface area contributed by atoms with Crippen LogP contribution in [0.15, 0.2) is 24.3 Å². The first-order valence-electron chi connectivity index (χ1n) is 8.28. The fourth-order valence-corrected chi connectivity index (χ4v) is 3.55. The van der Waals surface area contributed by atoms with Gasteiger partial charge in [-0.2, -0.15) is 0 Å². The van der Waals surface area contributed by atoms with E-state index >= 15 is 0 Å². The van der Waals surface area contributed by atoms with Crippen molar-refractivity contribution in [3.63, 3.8) is 0 Å². The van der Waals surface area contributed by atoms with E-state index in [-0.39, 0.29) is 12.0 Å². The Morgan fingerprint density at radius 1 is 1.33 bits per heavy atom. The maximum atomic E-state index is 12.9. The Morgan fingerprint density at radius 3 is 2.81 bits per heavy atom. The molecule has 1 N–H and O–H groups in total. The summed E-state index contributed by atoms with van der Waals surface area (Å²) in [6.07, 6.45) is 4.65. The molecule has 3 heteroatoms. The van der Waals surface area contributed by atoms with E-state index in [1.165, 1.54) is 30.4 Å². The van der Waals surface area contributed by atoms with Crippen molar-refractivity contribution in [3.05, 3.63) is 35.4 Å². The molecule has 1 amide bonds. The SMILES string of the molecule is CC(C)N(CC1CCCCN1)C(=O)C1Cc2ccccc21. The number of rotatable bonds is 4. The minimum Gasteiger partial charge on any atom is -0.338 e. The summed E-state index contributed by atoms with van der Waals surface area (Å²) in [6, 6.07) is 9.10. The lowest BCUT2D eigenvalue weighted by Crippen LogP contribution is -2.50. The smallest absolute Gasteiger partial charge is 0.230 e. The molecular weight excluding hydrogens is 260 g/mol. The van der Waals surface area contributed by atoms with Crippen LogP contribution < -0.4 is 5.32 Å². The molecule has 21 heavy (non-hydrogen) atoms. The molecule has 1 aromatic carbocycles. The molecule has 1 heterocycles. The van der Waals surface area contributed by atoms with Gasteiger partial charge in [0.1, 0.15) is 0 Å². The van der Waals surface area contributed by atoms with Gasteiger partial charge in [0, 0.05) is 18.6 Å². The van der Waals surface area contributed by atoms with Crippen molar-refractivity contribution in [2.24, 2.45) is 0 Å². The molecule has 114 valence electrons. The molecule has 1 aliphatic carbocycles. The Morgan fingerprint density at radius 2 is 2.14 bits per heavy atom. The van der Waals surface area contributed by atoms with E-state index < -0.39 is 0 Å². The molecule has 2 atom stereocenters. The predicted molar refractivity (Wildman–Crippen MR) is 85.4 cm³/mol. The van der Waals surface area contributed by atoms with Crippen molar-refractivity contribution in [1.29, 1.82) is 0 Å². The largest absolute Gasteiger partial charge is 0.338 e. The summed E-state index contributed by atoms with van der Waals surface area (Å²) in [4.78, 5) is 15.0. The molecule has 0 spiro atoms. The van der Waals surface area contributed by atoms with Gasteiger partial charge >= 0.3 is 0 Å². The van der Waals surface area contributed by atoms with E-state index in [0.717, 1.165) is 19.5 Å². The second-order valence-corrected chi connectivity index (χ2v) is 6.69. The molecule has 0 bridgehead atoms. The number of fused-ring (bicyclic) bond motifs is 1. The fourth-order valence-electron chi connectivity index (χ4n) is 3.55. The summed E-state index contributed by atoms with van der Waals surface area (Å²) in [5.41, 5.74) is 2.58. The third-order valence-corrected chi connectivity index (χ3v) is 4.89. The average Bonchev–Trinajstić information content (AvgIpc) is 2.46. The van der Waals surface area contributed by atoms with Crippen LogP contribution in [0.25, 0.3) is 0 Å². The van der Waals surface area contributed by atoms with E-state index in [0.29, 0.717) is 11.9 Å². The molecule has 2 unspecified atom stereocenters. The van der Waals surface area contributed by atoms with Crippen molar-refractivity contribution in [3.8, 4) is 0 Å². The third-order valence-electron chi connectivity index (χ3n) is 4.89. The topological polar surface area (TPSA) is 32.3 Å². The summed E-state index contributed by atoms with van der Waals surface area (Å²) in [7, 11) is 0. The van der Waals surface area contributed by atoms with Gasteiger partial charge in [-0.25, -0.2) is 0 Å². The molecule has 3 rings (SSSR count). The first-order valence-corrected chi connectivity index (χ1v) is 8.28. The summed E-state index contributed by atoms with van der Waals surface area (Å²) >= 11 is 0.